The number of amides is 1. The van der Waals surface area contributed by atoms with E-state index >= 15 is 0 Å². The van der Waals surface area contributed by atoms with Gasteiger partial charge in [0.2, 0.25) is 0 Å². The highest BCUT2D eigenvalue weighted by Crippen LogP contribution is 2.13. The van der Waals surface area contributed by atoms with Gasteiger partial charge in [-0.15, -0.1) is 0 Å². The van der Waals surface area contributed by atoms with Gasteiger partial charge in [0, 0.05) is 17.6 Å². The highest BCUT2D eigenvalue weighted by molar-refractivity contribution is 6.30. The minimum atomic E-state index is -0.806. The second-order valence-corrected chi connectivity index (χ2v) is 2.95. The standard InChI is InChI=1S/C9H8ClNO3/c1-6(12)14-9(13)11-8-4-2-7(10)3-5-8/h2-5H,1H3,(H,11,13). The normalized spacial score (nSPS) is 9.29. The summed E-state index contributed by atoms with van der Waals surface area (Å²) >= 11 is 5.63. The first kappa shape index (κ1) is 10.5. The van der Waals surface area contributed by atoms with E-state index in [2.05, 4.69) is 10.1 Å². The van der Waals surface area contributed by atoms with Crippen LogP contribution in [0.15, 0.2) is 24.3 Å². The molecule has 0 aliphatic carbocycles. The summed E-state index contributed by atoms with van der Waals surface area (Å²) in [4.78, 5) is 21.3. The molecule has 0 aliphatic rings. The summed E-state index contributed by atoms with van der Waals surface area (Å²) in [5, 5.41) is 2.93. The predicted molar refractivity (Wildman–Crippen MR) is 52.2 cm³/mol. The lowest BCUT2D eigenvalue weighted by atomic mass is 10.3. The number of halogens is 1. The van der Waals surface area contributed by atoms with Crippen LogP contribution in [0, 0.1) is 0 Å². The van der Waals surface area contributed by atoms with E-state index in [9.17, 15) is 9.59 Å². The van der Waals surface area contributed by atoms with Gasteiger partial charge in [-0.25, -0.2) is 4.79 Å². The first-order chi connectivity index (χ1) is 6.58. The summed E-state index contributed by atoms with van der Waals surface area (Å²) in [6.07, 6.45) is -0.806. The molecular formula is C9H8ClNO3. The number of esters is 1. The van der Waals surface area contributed by atoms with Gasteiger partial charge in [0.15, 0.2) is 0 Å². The molecule has 0 bridgehead atoms. The van der Waals surface area contributed by atoms with Crippen molar-refractivity contribution in [2.45, 2.75) is 6.92 Å². The number of ether oxygens (including phenoxy) is 1. The van der Waals surface area contributed by atoms with Gasteiger partial charge in [0.05, 0.1) is 0 Å². The first-order valence-electron chi connectivity index (χ1n) is 3.83. The van der Waals surface area contributed by atoms with Crippen molar-refractivity contribution < 1.29 is 14.3 Å². The minimum Gasteiger partial charge on any atom is -0.376 e. The molecule has 0 radical (unpaired) electrons. The molecule has 74 valence electrons. The van der Waals surface area contributed by atoms with Crippen LogP contribution >= 0.6 is 11.6 Å². The summed E-state index contributed by atoms with van der Waals surface area (Å²) in [6.45, 7) is 1.15. The van der Waals surface area contributed by atoms with E-state index in [-0.39, 0.29) is 0 Å². The molecule has 0 atom stereocenters. The van der Waals surface area contributed by atoms with E-state index in [1.165, 1.54) is 0 Å². The SMILES string of the molecule is CC(=O)OC(=O)Nc1ccc(Cl)cc1. The third-order valence-corrected chi connectivity index (χ3v) is 1.58. The molecule has 1 aromatic carbocycles. The average Bonchev–Trinajstić information content (AvgIpc) is 2.07. The third kappa shape index (κ3) is 3.45. The van der Waals surface area contributed by atoms with Gasteiger partial charge in [-0.1, -0.05) is 11.6 Å². The first-order valence-corrected chi connectivity index (χ1v) is 4.20. The summed E-state index contributed by atoms with van der Waals surface area (Å²) in [5.41, 5.74) is 0.514. The van der Waals surface area contributed by atoms with E-state index < -0.39 is 12.1 Å². The molecule has 0 unspecified atom stereocenters. The molecule has 1 amide bonds. The molecule has 0 aromatic heterocycles. The fourth-order valence-electron chi connectivity index (χ4n) is 0.807. The number of rotatable bonds is 1. The Morgan fingerprint density at radius 2 is 1.86 bits per heavy atom. The van der Waals surface area contributed by atoms with Crippen molar-refractivity contribution in [2.24, 2.45) is 0 Å². The van der Waals surface area contributed by atoms with Crippen LogP contribution in [0.25, 0.3) is 0 Å². The van der Waals surface area contributed by atoms with Crippen LogP contribution < -0.4 is 5.32 Å². The highest BCUT2D eigenvalue weighted by atomic mass is 35.5. The number of hydrogen-bond donors (Lipinski definition) is 1. The van der Waals surface area contributed by atoms with Crippen molar-refractivity contribution in [3.8, 4) is 0 Å². The smallest absolute Gasteiger partial charge is 0.376 e. The maximum absolute atomic E-state index is 10.9. The van der Waals surface area contributed by atoms with Gasteiger partial charge in [-0.3, -0.25) is 10.1 Å². The van der Waals surface area contributed by atoms with Crippen LogP contribution in [-0.4, -0.2) is 12.1 Å². The predicted octanol–water partition coefficient (Wildman–Crippen LogP) is 2.44. The van der Waals surface area contributed by atoms with E-state index in [1.807, 2.05) is 0 Å². The van der Waals surface area contributed by atoms with Crippen LogP contribution in [0.3, 0.4) is 0 Å². The molecular weight excluding hydrogens is 206 g/mol. The van der Waals surface area contributed by atoms with Crippen LogP contribution in [0.5, 0.6) is 0 Å². The van der Waals surface area contributed by atoms with E-state index in [0.717, 1.165) is 6.92 Å². The number of carbonyl (C=O) groups excluding carboxylic acids is 2. The summed E-state index contributed by atoms with van der Waals surface area (Å²) in [7, 11) is 0. The second-order valence-electron chi connectivity index (χ2n) is 2.51. The van der Waals surface area contributed by atoms with E-state index in [1.54, 1.807) is 24.3 Å². The Morgan fingerprint density at radius 3 is 2.36 bits per heavy atom. The maximum atomic E-state index is 10.9. The molecule has 0 spiro atoms. The Labute approximate surface area is 85.8 Å². The maximum Gasteiger partial charge on any atom is 0.419 e. The van der Waals surface area contributed by atoms with E-state index in [0.29, 0.717) is 10.7 Å². The van der Waals surface area contributed by atoms with Gasteiger partial charge in [-0.2, -0.15) is 0 Å². The Kier molecular flexibility index (Phi) is 3.48. The summed E-state index contributed by atoms with van der Waals surface area (Å²) in [5.74, 6) is -0.656. The molecule has 0 saturated carbocycles. The number of hydrogen-bond acceptors (Lipinski definition) is 3. The third-order valence-electron chi connectivity index (χ3n) is 1.33. The second kappa shape index (κ2) is 4.62. The molecule has 5 heteroatoms. The molecule has 0 saturated heterocycles. The summed E-state index contributed by atoms with van der Waals surface area (Å²) in [6, 6.07) is 6.43. The van der Waals surface area contributed by atoms with Crippen molar-refractivity contribution in [3.05, 3.63) is 29.3 Å². The Balaban J connectivity index is 2.56. The van der Waals surface area contributed by atoms with Crippen LogP contribution in [0.2, 0.25) is 5.02 Å². The Bertz CT molecular complexity index is 348. The van der Waals surface area contributed by atoms with Crippen molar-refractivity contribution in [2.75, 3.05) is 5.32 Å². The zero-order valence-corrected chi connectivity index (χ0v) is 8.17. The molecule has 14 heavy (non-hydrogen) atoms. The number of nitrogens with one attached hydrogen (secondary N) is 1. The lowest BCUT2D eigenvalue weighted by molar-refractivity contribution is -0.134. The van der Waals surface area contributed by atoms with Crippen LogP contribution in [-0.2, 0) is 9.53 Å². The fraction of sp³-hybridized carbons (Fsp3) is 0.111. The molecule has 4 nitrogen and oxygen atoms in total. The molecule has 1 N–H and O–H groups in total. The topological polar surface area (TPSA) is 55.4 Å². The Hall–Kier alpha value is -1.55. The zero-order chi connectivity index (χ0) is 10.6. The quantitative estimate of drug-likeness (QED) is 0.576. The van der Waals surface area contributed by atoms with Crippen molar-refractivity contribution >= 4 is 29.4 Å². The van der Waals surface area contributed by atoms with Crippen LogP contribution in [0.1, 0.15) is 6.92 Å². The van der Waals surface area contributed by atoms with Crippen molar-refractivity contribution in [1.29, 1.82) is 0 Å². The molecule has 0 fully saturated rings. The minimum absolute atomic E-state index is 0.514. The lowest BCUT2D eigenvalue weighted by Gasteiger charge is -2.03. The van der Waals surface area contributed by atoms with Gasteiger partial charge >= 0.3 is 12.1 Å². The fourth-order valence-corrected chi connectivity index (χ4v) is 0.933. The number of benzene rings is 1. The van der Waals surface area contributed by atoms with Crippen LogP contribution in [0.4, 0.5) is 10.5 Å². The zero-order valence-electron chi connectivity index (χ0n) is 7.41. The van der Waals surface area contributed by atoms with Gasteiger partial charge in [0.25, 0.3) is 0 Å². The molecule has 0 heterocycles. The largest absolute Gasteiger partial charge is 0.419 e. The average molecular weight is 214 g/mol. The summed E-state index contributed by atoms with van der Waals surface area (Å²) < 4.78 is 4.26. The molecule has 0 aliphatic heterocycles. The van der Waals surface area contributed by atoms with Gasteiger partial charge in [0.1, 0.15) is 0 Å². The number of anilines is 1. The Morgan fingerprint density at radius 1 is 1.29 bits per heavy atom. The molecule has 1 rings (SSSR count). The monoisotopic (exact) mass is 213 g/mol. The van der Waals surface area contributed by atoms with Gasteiger partial charge in [-0.05, 0) is 24.3 Å². The van der Waals surface area contributed by atoms with E-state index in [4.69, 9.17) is 11.6 Å². The number of carbonyl (C=O) groups is 2. The highest BCUT2D eigenvalue weighted by Gasteiger charge is 2.05. The molecule has 1 aromatic rings. The van der Waals surface area contributed by atoms with Gasteiger partial charge < -0.3 is 4.74 Å². The van der Waals surface area contributed by atoms with Crippen molar-refractivity contribution in [1.82, 2.24) is 0 Å². The lowest BCUT2D eigenvalue weighted by Crippen LogP contribution is -2.16. The van der Waals surface area contributed by atoms with Crippen molar-refractivity contribution in [3.63, 3.8) is 0 Å².